The van der Waals surface area contributed by atoms with E-state index in [0.717, 1.165) is 39.0 Å². The molecule has 0 unspecified atom stereocenters. The van der Waals surface area contributed by atoms with Gasteiger partial charge in [0.15, 0.2) is 0 Å². The highest BCUT2D eigenvalue weighted by molar-refractivity contribution is 6.13. The Bertz CT molecular complexity index is 3490. The van der Waals surface area contributed by atoms with Gasteiger partial charge in [0.1, 0.15) is 11.2 Å². The fourth-order valence-electron chi connectivity index (χ4n) is 10.7. The van der Waals surface area contributed by atoms with Crippen LogP contribution in [-0.2, 0) is 5.41 Å². The fourth-order valence-corrected chi connectivity index (χ4v) is 10.7. The topological polar surface area (TPSA) is 16.4 Å². The van der Waals surface area contributed by atoms with E-state index in [1.807, 2.05) is 6.07 Å². The molecular weight excluding hydrogens is 739 g/mol. The zero-order valence-electron chi connectivity index (χ0n) is 33.2. The maximum atomic E-state index is 6.51. The van der Waals surface area contributed by atoms with E-state index in [0.29, 0.717) is 0 Å². The monoisotopic (exact) mass is 775 g/mol. The van der Waals surface area contributed by atoms with Crippen LogP contribution in [0.2, 0.25) is 0 Å². The minimum Gasteiger partial charge on any atom is -0.456 e. The van der Waals surface area contributed by atoms with Crippen LogP contribution in [0, 0.1) is 0 Å². The second-order valence-corrected chi connectivity index (χ2v) is 16.4. The maximum Gasteiger partial charge on any atom is 0.137 e. The molecule has 0 atom stereocenters. The first kappa shape index (κ1) is 34.0. The molecule has 0 amide bonds. The smallest absolute Gasteiger partial charge is 0.137 e. The summed E-state index contributed by atoms with van der Waals surface area (Å²) in [4.78, 5) is 2.43. The normalized spacial score (nSPS) is 13.0. The standard InChI is InChI=1S/C59H37NO/c1-2-14-38(15-3-1)39-28-31-42(32-29-39)60(55-25-13-27-57-58(55)49-21-8-11-26-56(49)61-57)43-33-34-48-50-36-41(45-22-12-17-40-16-4-5-18-44(40)45)30-35-53(50)59(54(48)37-43)51-23-9-6-19-46(51)47-20-7-10-24-52(47)59/h1-37H. The van der Waals surface area contributed by atoms with E-state index in [1.165, 1.54) is 77.5 Å². The molecule has 13 rings (SSSR count). The van der Waals surface area contributed by atoms with Gasteiger partial charge >= 0.3 is 0 Å². The van der Waals surface area contributed by atoms with Gasteiger partial charge in [-0.25, -0.2) is 0 Å². The van der Waals surface area contributed by atoms with Gasteiger partial charge in [0.05, 0.1) is 16.5 Å². The number of hydrogen-bond donors (Lipinski definition) is 0. The predicted molar refractivity (Wildman–Crippen MR) is 253 cm³/mol. The molecule has 2 aliphatic rings. The Hall–Kier alpha value is -7.94. The van der Waals surface area contributed by atoms with Crippen LogP contribution >= 0.6 is 0 Å². The van der Waals surface area contributed by atoms with Crippen LogP contribution in [-0.4, -0.2) is 0 Å². The van der Waals surface area contributed by atoms with Crippen LogP contribution in [0.5, 0.6) is 0 Å². The Morgan fingerprint density at radius 1 is 0.328 bits per heavy atom. The summed E-state index contributed by atoms with van der Waals surface area (Å²) in [5.41, 5.74) is 19.7. The minimum atomic E-state index is -0.512. The van der Waals surface area contributed by atoms with Gasteiger partial charge in [0.25, 0.3) is 0 Å². The SMILES string of the molecule is c1ccc(-c2ccc(N(c3ccc4c(c3)C3(c5ccccc5-c5ccccc53)c3ccc(-c5cccc6ccccc56)cc3-4)c3cccc4oc5ccccc5c34)cc2)cc1. The lowest BCUT2D eigenvalue weighted by molar-refractivity contribution is 0.669. The van der Waals surface area contributed by atoms with E-state index in [9.17, 15) is 0 Å². The molecule has 10 aromatic carbocycles. The van der Waals surface area contributed by atoms with Gasteiger partial charge in [0.2, 0.25) is 0 Å². The highest BCUT2D eigenvalue weighted by Crippen LogP contribution is 2.64. The molecule has 284 valence electrons. The van der Waals surface area contributed by atoms with E-state index in [2.05, 4.69) is 223 Å². The summed E-state index contributed by atoms with van der Waals surface area (Å²) in [6.07, 6.45) is 0. The molecule has 2 aliphatic carbocycles. The third-order valence-corrected chi connectivity index (χ3v) is 13.3. The first-order valence-electron chi connectivity index (χ1n) is 21.1. The Morgan fingerprint density at radius 2 is 0.902 bits per heavy atom. The Balaban J connectivity index is 1.09. The summed E-state index contributed by atoms with van der Waals surface area (Å²) in [6.45, 7) is 0. The summed E-state index contributed by atoms with van der Waals surface area (Å²) >= 11 is 0. The molecule has 0 radical (unpaired) electrons. The third kappa shape index (κ3) is 4.85. The first-order valence-corrected chi connectivity index (χ1v) is 21.1. The molecule has 0 bridgehead atoms. The van der Waals surface area contributed by atoms with Crippen molar-refractivity contribution in [3.05, 3.63) is 247 Å². The van der Waals surface area contributed by atoms with E-state index >= 15 is 0 Å². The molecule has 1 aromatic heterocycles. The second-order valence-electron chi connectivity index (χ2n) is 16.4. The van der Waals surface area contributed by atoms with E-state index in [1.54, 1.807) is 0 Å². The average molecular weight is 776 g/mol. The minimum absolute atomic E-state index is 0.512. The zero-order chi connectivity index (χ0) is 40.1. The largest absolute Gasteiger partial charge is 0.456 e. The Morgan fingerprint density at radius 3 is 1.72 bits per heavy atom. The van der Waals surface area contributed by atoms with E-state index in [4.69, 9.17) is 4.42 Å². The third-order valence-electron chi connectivity index (χ3n) is 13.3. The first-order chi connectivity index (χ1) is 30.3. The van der Waals surface area contributed by atoms with Crippen molar-refractivity contribution >= 4 is 49.8 Å². The lowest BCUT2D eigenvalue weighted by Crippen LogP contribution is -2.26. The molecule has 0 aliphatic heterocycles. The van der Waals surface area contributed by atoms with Crippen LogP contribution < -0.4 is 4.90 Å². The van der Waals surface area contributed by atoms with Crippen molar-refractivity contribution in [2.75, 3.05) is 4.90 Å². The molecule has 0 fully saturated rings. The van der Waals surface area contributed by atoms with Crippen LogP contribution in [0.25, 0.3) is 77.2 Å². The van der Waals surface area contributed by atoms with Gasteiger partial charge < -0.3 is 9.32 Å². The van der Waals surface area contributed by atoms with Gasteiger partial charge in [-0.15, -0.1) is 0 Å². The number of fused-ring (bicyclic) bond motifs is 14. The average Bonchev–Trinajstić information content (AvgIpc) is 3.96. The van der Waals surface area contributed by atoms with Gasteiger partial charge in [-0.1, -0.05) is 176 Å². The molecule has 1 spiro atoms. The van der Waals surface area contributed by atoms with E-state index in [-0.39, 0.29) is 0 Å². The van der Waals surface area contributed by atoms with Gasteiger partial charge in [-0.3, -0.25) is 0 Å². The lowest BCUT2D eigenvalue weighted by Gasteiger charge is -2.32. The van der Waals surface area contributed by atoms with Crippen LogP contribution in [0.3, 0.4) is 0 Å². The lowest BCUT2D eigenvalue weighted by atomic mass is 9.70. The molecule has 11 aromatic rings. The van der Waals surface area contributed by atoms with Crippen molar-refractivity contribution in [1.82, 2.24) is 0 Å². The summed E-state index contributed by atoms with van der Waals surface area (Å²) < 4.78 is 6.51. The van der Waals surface area contributed by atoms with Gasteiger partial charge in [0, 0.05) is 16.8 Å². The van der Waals surface area contributed by atoms with Crippen molar-refractivity contribution in [3.8, 4) is 44.5 Å². The number of para-hydroxylation sites is 1. The summed E-state index contributed by atoms with van der Waals surface area (Å²) in [7, 11) is 0. The molecule has 61 heavy (non-hydrogen) atoms. The molecule has 2 nitrogen and oxygen atoms in total. The number of anilines is 3. The fraction of sp³-hybridized carbons (Fsp3) is 0.0169. The number of nitrogens with zero attached hydrogens (tertiary/aromatic N) is 1. The molecule has 2 heteroatoms. The number of hydrogen-bond acceptors (Lipinski definition) is 2. The van der Waals surface area contributed by atoms with E-state index < -0.39 is 5.41 Å². The highest BCUT2D eigenvalue weighted by atomic mass is 16.3. The number of furan rings is 1. The summed E-state index contributed by atoms with van der Waals surface area (Å²) in [6, 6.07) is 82.4. The Kier molecular flexibility index (Phi) is 7.26. The van der Waals surface area contributed by atoms with Crippen LogP contribution in [0.4, 0.5) is 17.1 Å². The molecule has 0 N–H and O–H groups in total. The van der Waals surface area contributed by atoms with Gasteiger partial charge in [-0.05, 0) is 126 Å². The van der Waals surface area contributed by atoms with Crippen molar-refractivity contribution in [2.45, 2.75) is 5.41 Å². The highest BCUT2D eigenvalue weighted by Gasteiger charge is 2.52. The van der Waals surface area contributed by atoms with Crippen LogP contribution in [0.1, 0.15) is 22.3 Å². The van der Waals surface area contributed by atoms with Crippen molar-refractivity contribution in [3.63, 3.8) is 0 Å². The number of rotatable bonds is 5. The Labute approximate surface area is 354 Å². The molecule has 0 saturated carbocycles. The molecule has 1 heterocycles. The maximum absolute atomic E-state index is 6.51. The van der Waals surface area contributed by atoms with Crippen molar-refractivity contribution < 1.29 is 4.42 Å². The van der Waals surface area contributed by atoms with Crippen molar-refractivity contribution in [1.29, 1.82) is 0 Å². The quantitative estimate of drug-likeness (QED) is 0.173. The summed E-state index contributed by atoms with van der Waals surface area (Å²) in [5.74, 6) is 0. The number of benzene rings is 10. The zero-order valence-corrected chi connectivity index (χ0v) is 33.2. The molecular formula is C59H37NO. The van der Waals surface area contributed by atoms with Crippen molar-refractivity contribution in [2.24, 2.45) is 0 Å². The van der Waals surface area contributed by atoms with Gasteiger partial charge in [-0.2, -0.15) is 0 Å². The predicted octanol–water partition coefficient (Wildman–Crippen LogP) is 15.9. The van der Waals surface area contributed by atoms with Crippen LogP contribution in [0.15, 0.2) is 229 Å². The molecule has 0 saturated heterocycles. The second kappa shape index (κ2) is 13.0. The summed E-state index contributed by atoms with van der Waals surface area (Å²) in [5, 5.41) is 4.71.